The molecule has 1 nitrogen and oxygen atoms in total. The van der Waals surface area contributed by atoms with Crippen LogP contribution in [0.1, 0.15) is 36.5 Å². The van der Waals surface area contributed by atoms with Gasteiger partial charge in [0.15, 0.2) is 0 Å². The van der Waals surface area contributed by atoms with Gasteiger partial charge >= 0.3 is 0 Å². The standard InChI is InChI=1S/C14H22BrN/c1-4-13(15)8-9-16-10-14-11(2)6-5-7-12(14)3/h5-7,13,16H,4,8-10H2,1-3H3. The minimum atomic E-state index is 0.651. The average molecular weight is 284 g/mol. The second kappa shape index (κ2) is 7.08. The summed E-state index contributed by atoms with van der Waals surface area (Å²) in [5.74, 6) is 0. The fourth-order valence-corrected chi connectivity index (χ4v) is 2.03. The highest BCUT2D eigenvalue weighted by molar-refractivity contribution is 9.09. The van der Waals surface area contributed by atoms with Crippen LogP contribution >= 0.6 is 15.9 Å². The molecule has 0 saturated carbocycles. The van der Waals surface area contributed by atoms with Crippen LogP contribution in [0.25, 0.3) is 0 Å². The van der Waals surface area contributed by atoms with Crippen molar-refractivity contribution in [1.29, 1.82) is 0 Å². The molecule has 0 aliphatic carbocycles. The molecule has 0 radical (unpaired) electrons. The minimum Gasteiger partial charge on any atom is -0.313 e. The fourth-order valence-electron chi connectivity index (χ4n) is 1.80. The lowest BCUT2D eigenvalue weighted by Gasteiger charge is -2.12. The topological polar surface area (TPSA) is 12.0 Å². The highest BCUT2D eigenvalue weighted by atomic mass is 79.9. The summed E-state index contributed by atoms with van der Waals surface area (Å²) in [6.45, 7) is 8.65. The van der Waals surface area contributed by atoms with Crippen LogP contribution in [0, 0.1) is 13.8 Å². The average Bonchev–Trinajstić information content (AvgIpc) is 2.27. The van der Waals surface area contributed by atoms with E-state index in [1.165, 1.54) is 29.5 Å². The van der Waals surface area contributed by atoms with E-state index in [0.29, 0.717) is 4.83 Å². The van der Waals surface area contributed by atoms with Crippen LogP contribution in [0.4, 0.5) is 0 Å². The predicted octanol–water partition coefficient (Wildman–Crippen LogP) is 3.96. The Labute approximate surface area is 108 Å². The van der Waals surface area contributed by atoms with Crippen LogP contribution in [0.15, 0.2) is 18.2 Å². The maximum absolute atomic E-state index is 3.65. The summed E-state index contributed by atoms with van der Waals surface area (Å²) >= 11 is 3.65. The van der Waals surface area contributed by atoms with Gasteiger partial charge in [-0.25, -0.2) is 0 Å². The Kier molecular flexibility index (Phi) is 6.07. The molecule has 16 heavy (non-hydrogen) atoms. The molecule has 0 bridgehead atoms. The summed E-state index contributed by atoms with van der Waals surface area (Å²) in [4.78, 5) is 0.651. The van der Waals surface area contributed by atoms with Crippen LogP contribution < -0.4 is 5.32 Å². The number of hydrogen-bond acceptors (Lipinski definition) is 1. The summed E-state index contributed by atoms with van der Waals surface area (Å²) in [6.07, 6.45) is 2.40. The van der Waals surface area contributed by atoms with Crippen molar-refractivity contribution in [1.82, 2.24) is 5.32 Å². The van der Waals surface area contributed by atoms with E-state index in [1.807, 2.05) is 0 Å². The van der Waals surface area contributed by atoms with Crippen LogP contribution in [-0.2, 0) is 6.54 Å². The van der Waals surface area contributed by atoms with Gasteiger partial charge in [-0.1, -0.05) is 41.1 Å². The first-order valence-corrected chi connectivity index (χ1v) is 6.96. The van der Waals surface area contributed by atoms with Crippen molar-refractivity contribution in [2.45, 2.75) is 45.0 Å². The summed E-state index contributed by atoms with van der Waals surface area (Å²) in [5.41, 5.74) is 4.22. The molecule has 0 aliphatic heterocycles. The van der Waals surface area contributed by atoms with Gasteiger partial charge in [0.2, 0.25) is 0 Å². The molecule has 0 heterocycles. The number of benzene rings is 1. The fraction of sp³-hybridized carbons (Fsp3) is 0.571. The molecule has 0 saturated heterocycles. The second-order valence-electron chi connectivity index (χ2n) is 4.34. The zero-order valence-electron chi connectivity index (χ0n) is 10.5. The molecular weight excluding hydrogens is 262 g/mol. The lowest BCUT2D eigenvalue weighted by molar-refractivity contribution is 0.627. The van der Waals surface area contributed by atoms with Crippen molar-refractivity contribution in [3.63, 3.8) is 0 Å². The molecule has 1 unspecified atom stereocenters. The van der Waals surface area contributed by atoms with Crippen molar-refractivity contribution >= 4 is 15.9 Å². The van der Waals surface area contributed by atoms with Gasteiger partial charge in [-0.2, -0.15) is 0 Å². The first kappa shape index (κ1) is 13.7. The van der Waals surface area contributed by atoms with Gasteiger partial charge in [0.25, 0.3) is 0 Å². The second-order valence-corrected chi connectivity index (χ2v) is 5.64. The number of hydrogen-bond donors (Lipinski definition) is 1. The van der Waals surface area contributed by atoms with Gasteiger partial charge in [0.1, 0.15) is 0 Å². The van der Waals surface area contributed by atoms with Crippen LogP contribution in [0.3, 0.4) is 0 Å². The van der Waals surface area contributed by atoms with Crippen molar-refractivity contribution in [2.75, 3.05) is 6.54 Å². The monoisotopic (exact) mass is 283 g/mol. The zero-order valence-corrected chi connectivity index (χ0v) is 12.1. The van der Waals surface area contributed by atoms with Crippen LogP contribution in [0.2, 0.25) is 0 Å². The minimum absolute atomic E-state index is 0.651. The lowest BCUT2D eigenvalue weighted by Crippen LogP contribution is -2.18. The van der Waals surface area contributed by atoms with Gasteiger partial charge in [0.05, 0.1) is 0 Å². The lowest BCUT2D eigenvalue weighted by atomic mass is 10.0. The van der Waals surface area contributed by atoms with Gasteiger partial charge in [0, 0.05) is 11.4 Å². The van der Waals surface area contributed by atoms with E-state index < -0.39 is 0 Å². The molecule has 90 valence electrons. The summed E-state index contributed by atoms with van der Waals surface area (Å²) in [5, 5.41) is 3.52. The molecule has 2 heteroatoms. The van der Waals surface area contributed by atoms with Gasteiger partial charge < -0.3 is 5.32 Å². The Morgan fingerprint density at radius 3 is 2.44 bits per heavy atom. The molecule has 1 aromatic carbocycles. The van der Waals surface area contributed by atoms with Crippen molar-refractivity contribution < 1.29 is 0 Å². The quantitative estimate of drug-likeness (QED) is 0.616. The number of rotatable bonds is 6. The van der Waals surface area contributed by atoms with E-state index in [0.717, 1.165) is 13.1 Å². The molecule has 0 aliphatic rings. The maximum atomic E-state index is 3.65. The Balaban J connectivity index is 2.37. The van der Waals surface area contributed by atoms with Crippen molar-refractivity contribution in [2.24, 2.45) is 0 Å². The van der Waals surface area contributed by atoms with Crippen LogP contribution in [0.5, 0.6) is 0 Å². The first-order chi connectivity index (χ1) is 7.65. The normalized spacial score (nSPS) is 12.8. The Morgan fingerprint density at radius 1 is 1.25 bits per heavy atom. The molecule has 0 spiro atoms. The third-order valence-corrected chi connectivity index (χ3v) is 4.13. The van der Waals surface area contributed by atoms with Crippen molar-refractivity contribution in [3.8, 4) is 0 Å². The Morgan fingerprint density at radius 2 is 1.88 bits per heavy atom. The van der Waals surface area contributed by atoms with E-state index >= 15 is 0 Å². The third kappa shape index (κ3) is 4.26. The molecule has 0 aromatic heterocycles. The van der Waals surface area contributed by atoms with E-state index in [4.69, 9.17) is 0 Å². The molecule has 1 rings (SSSR count). The maximum Gasteiger partial charge on any atom is 0.0210 e. The summed E-state index contributed by atoms with van der Waals surface area (Å²) in [7, 11) is 0. The summed E-state index contributed by atoms with van der Waals surface area (Å²) in [6, 6.07) is 6.49. The number of nitrogens with one attached hydrogen (secondary N) is 1. The highest BCUT2D eigenvalue weighted by Gasteiger charge is 2.03. The molecule has 1 atom stereocenters. The van der Waals surface area contributed by atoms with Gasteiger partial charge in [-0.15, -0.1) is 0 Å². The van der Waals surface area contributed by atoms with E-state index in [2.05, 4.69) is 60.2 Å². The molecular formula is C14H22BrN. The Hall–Kier alpha value is -0.340. The van der Waals surface area contributed by atoms with Crippen LogP contribution in [-0.4, -0.2) is 11.4 Å². The predicted molar refractivity (Wildman–Crippen MR) is 75.2 cm³/mol. The third-order valence-electron chi connectivity index (χ3n) is 3.02. The number of alkyl halides is 1. The van der Waals surface area contributed by atoms with Gasteiger partial charge in [-0.05, 0) is 49.9 Å². The van der Waals surface area contributed by atoms with E-state index in [-0.39, 0.29) is 0 Å². The van der Waals surface area contributed by atoms with Crippen molar-refractivity contribution in [3.05, 3.63) is 34.9 Å². The smallest absolute Gasteiger partial charge is 0.0210 e. The van der Waals surface area contributed by atoms with E-state index in [9.17, 15) is 0 Å². The first-order valence-electron chi connectivity index (χ1n) is 6.05. The largest absolute Gasteiger partial charge is 0.313 e. The van der Waals surface area contributed by atoms with E-state index in [1.54, 1.807) is 0 Å². The zero-order chi connectivity index (χ0) is 12.0. The summed E-state index contributed by atoms with van der Waals surface area (Å²) < 4.78 is 0. The molecule has 1 aromatic rings. The molecule has 0 amide bonds. The SMILES string of the molecule is CCC(Br)CCNCc1c(C)cccc1C. The molecule has 0 fully saturated rings. The Bertz CT molecular complexity index is 302. The molecule has 1 N–H and O–H groups in total. The number of halogens is 1. The highest BCUT2D eigenvalue weighted by Crippen LogP contribution is 2.13. The number of aryl methyl sites for hydroxylation is 2. The van der Waals surface area contributed by atoms with Gasteiger partial charge in [-0.3, -0.25) is 0 Å².